The first kappa shape index (κ1) is 13.0. The van der Waals surface area contributed by atoms with E-state index in [1.807, 2.05) is 0 Å². The van der Waals surface area contributed by atoms with E-state index in [1.165, 1.54) is 7.11 Å². The van der Waals surface area contributed by atoms with E-state index in [0.717, 1.165) is 6.54 Å². The molecule has 2 rings (SSSR count). The summed E-state index contributed by atoms with van der Waals surface area (Å²) in [6.45, 7) is 4.26. The van der Waals surface area contributed by atoms with Crippen LogP contribution in [-0.2, 0) is 19.1 Å². The molecule has 3 atom stereocenters. The van der Waals surface area contributed by atoms with Crippen molar-refractivity contribution in [2.24, 2.45) is 0 Å². The highest BCUT2D eigenvalue weighted by Crippen LogP contribution is 2.26. The number of piperazine rings is 1. The molecule has 0 spiro atoms. The van der Waals surface area contributed by atoms with E-state index >= 15 is 0 Å². The van der Waals surface area contributed by atoms with Gasteiger partial charge in [-0.15, -0.1) is 0 Å². The number of esters is 1. The molecule has 2 aliphatic rings. The number of ether oxygens (including phenoxy) is 2. The molecular formula is C10H15IN2O4. The highest BCUT2D eigenvalue weighted by molar-refractivity contribution is 14.1. The van der Waals surface area contributed by atoms with Gasteiger partial charge in [0.2, 0.25) is 0 Å². The van der Waals surface area contributed by atoms with Crippen molar-refractivity contribution in [3.05, 3.63) is 0 Å². The molecule has 0 N–H and O–H groups in total. The number of amides is 1. The Hall–Kier alpha value is -0.410. The monoisotopic (exact) mass is 354 g/mol. The van der Waals surface area contributed by atoms with Gasteiger partial charge in [0.15, 0.2) is 12.2 Å². The Kier molecular flexibility index (Phi) is 3.88. The normalized spacial score (nSPS) is 33.4. The first-order valence-corrected chi connectivity index (χ1v) is 6.45. The van der Waals surface area contributed by atoms with Gasteiger partial charge >= 0.3 is 5.97 Å². The van der Waals surface area contributed by atoms with E-state index in [4.69, 9.17) is 4.74 Å². The summed E-state index contributed by atoms with van der Waals surface area (Å²) in [4.78, 5) is 24.9. The lowest BCUT2D eigenvalue weighted by molar-refractivity contribution is -0.142. The van der Waals surface area contributed by atoms with Crippen molar-refractivity contribution in [2.75, 3.05) is 26.7 Å². The van der Waals surface area contributed by atoms with Crippen LogP contribution in [0.4, 0.5) is 0 Å². The Morgan fingerprint density at radius 2 is 2.06 bits per heavy atom. The number of nitrogens with zero attached hydrogens (tertiary/aromatic N) is 2. The minimum absolute atomic E-state index is 0.100. The van der Waals surface area contributed by atoms with Crippen LogP contribution in [-0.4, -0.2) is 64.9 Å². The van der Waals surface area contributed by atoms with Crippen molar-refractivity contribution in [1.82, 2.24) is 8.01 Å². The first-order valence-electron chi connectivity index (χ1n) is 5.49. The first-order chi connectivity index (χ1) is 8.04. The van der Waals surface area contributed by atoms with Gasteiger partial charge in [0, 0.05) is 48.5 Å². The molecule has 3 unspecified atom stereocenters. The molecule has 0 aliphatic carbocycles. The summed E-state index contributed by atoms with van der Waals surface area (Å²) in [7, 11) is 1.29. The fourth-order valence-corrected chi connectivity index (χ4v) is 2.30. The summed E-state index contributed by atoms with van der Waals surface area (Å²) in [5.41, 5.74) is 0. The maximum Gasteiger partial charge on any atom is 0.338 e. The predicted molar refractivity (Wildman–Crippen MR) is 67.4 cm³/mol. The van der Waals surface area contributed by atoms with Gasteiger partial charge in [-0.2, -0.15) is 0 Å². The average molecular weight is 354 g/mol. The fraction of sp³-hybridized carbons (Fsp3) is 0.800. The third kappa shape index (κ3) is 2.71. The molecule has 0 radical (unpaired) electrons. The Morgan fingerprint density at radius 1 is 1.35 bits per heavy atom. The largest absolute Gasteiger partial charge is 0.467 e. The van der Waals surface area contributed by atoms with Crippen LogP contribution in [0.2, 0.25) is 0 Å². The van der Waals surface area contributed by atoms with Crippen LogP contribution in [0.5, 0.6) is 0 Å². The smallest absolute Gasteiger partial charge is 0.338 e. The molecule has 0 saturated carbocycles. The summed E-state index contributed by atoms with van der Waals surface area (Å²) in [5, 5.41) is 0. The molecule has 2 heterocycles. The van der Waals surface area contributed by atoms with Gasteiger partial charge < -0.3 is 14.4 Å². The van der Waals surface area contributed by atoms with Gasteiger partial charge in [-0.1, -0.05) is 0 Å². The fourth-order valence-electron chi connectivity index (χ4n) is 1.91. The Balaban J connectivity index is 1.88. The SMILES string of the molecule is COC(=O)C1OC1C(=O)N1CCN(I)C(C)C1. The zero-order chi connectivity index (χ0) is 12.6. The minimum atomic E-state index is -0.694. The van der Waals surface area contributed by atoms with Crippen LogP contribution >= 0.6 is 22.9 Å². The number of hydrogen-bond acceptors (Lipinski definition) is 5. The van der Waals surface area contributed by atoms with Gasteiger partial charge in [0.25, 0.3) is 5.91 Å². The highest BCUT2D eigenvalue weighted by atomic mass is 127. The molecule has 17 heavy (non-hydrogen) atoms. The molecule has 7 heteroatoms. The molecule has 1 amide bonds. The van der Waals surface area contributed by atoms with Gasteiger partial charge in [-0.05, 0) is 6.92 Å². The Bertz CT molecular complexity index is 338. The number of epoxide rings is 1. The second-order valence-corrected chi connectivity index (χ2v) is 5.50. The number of halogens is 1. The van der Waals surface area contributed by atoms with Crippen molar-refractivity contribution >= 4 is 34.7 Å². The van der Waals surface area contributed by atoms with E-state index in [-0.39, 0.29) is 5.91 Å². The Morgan fingerprint density at radius 3 is 2.65 bits per heavy atom. The van der Waals surface area contributed by atoms with Crippen LogP contribution in [0.3, 0.4) is 0 Å². The predicted octanol–water partition coefficient (Wildman–Crippen LogP) is -0.190. The van der Waals surface area contributed by atoms with Crippen LogP contribution in [0, 0.1) is 0 Å². The zero-order valence-electron chi connectivity index (χ0n) is 9.76. The van der Waals surface area contributed by atoms with Crippen molar-refractivity contribution in [2.45, 2.75) is 25.2 Å². The maximum absolute atomic E-state index is 12.0. The third-order valence-electron chi connectivity index (χ3n) is 3.03. The van der Waals surface area contributed by atoms with Gasteiger partial charge in [0.1, 0.15) is 0 Å². The number of rotatable bonds is 2. The molecule has 0 aromatic rings. The lowest BCUT2D eigenvalue weighted by Gasteiger charge is -2.36. The van der Waals surface area contributed by atoms with Gasteiger partial charge in [-0.25, -0.2) is 7.91 Å². The summed E-state index contributed by atoms with van der Waals surface area (Å²) < 4.78 is 11.8. The second kappa shape index (κ2) is 5.07. The lowest BCUT2D eigenvalue weighted by atomic mass is 10.2. The van der Waals surface area contributed by atoms with E-state index in [2.05, 4.69) is 37.6 Å². The zero-order valence-corrected chi connectivity index (χ0v) is 11.9. The summed E-state index contributed by atoms with van der Waals surface area (Å²) >= 11 is 2.26. The van der Waals surface area contributed by atoms with E-state index in [9.17, 15) is 9.59 Å². The molecule has 0 aromatic heterocycles. The van der Waals surface area contributed by atoms with E-state index in [1.54, 1.807) is 4.90 Å². The van der Waals surface area contributed by atoms with Crippen LogP contribution in [0.1, 0.15) is 6.92 Å². The van der Waals surface area contributed by atoms with Crippen LogP contribution in [0.25, 0.3) is 0 Å². The standard InChI is InChI=1S/C10H15IN2O4/c1-6-5-12(3-4-13(6)11)9(14)7-8(17-7)10(15)16-2/h6-8H,3-5H2,1-2H3. The van der Waals surface area contributed by atoms with Gasteiger partial charge in [0.05, 0.1) is 7.11 Å². The van der Waals surface area contributed by atoms with Crippen molar-refractivity contribution in [3.63, 3.8) is 0 Å². The summed E-state index contributed by atoms with van der Waals surface area (Å²) in [5.74, 6) is -0.569. The van der Waals surface area contributed by atoms with E-state index in [0.29, 0.717) is 19.1 Å². The molecule has 96 valence electrons. The molecule has 6 nitrogen and oxygen atoms in total. The maximum atomic E-state index is 12.0. The number of carbonyl (C=O) groups is 2. The highest BCUT2D eigenvalue weighted by Gasteiger charge is 2.53. The van der Waals surface area contributed by atoms with E-state index < -0.39 is 18.2 Å². The lowest BCUT2D eigenvalue weighted by Crippen LogP contribution is -2.51. The molecule has 2 aliphatic heterocycles. The van der Waals surface area contributed by atoms with Crippen molar-refractivity contribution in [1.29, 1.82) is 0 Å². The van der Waals surface area contributed by atoms with Crippen LogP contribution in [0.15, 0.2) is 0 Å². The topological polar surface area (TPSA) is 62.4 Å². The van der Waals surface area contributed by atoms with Crippen molar-refractivity contribution < 1.29 is 19.1 Å². The third-order valence-corrected chi connectivity index (χ3v) is 4.46. The Labute approximate surface area is 114 Å². The molecule has 0 bridgehead atoms. The average Bonchev–Trinajstić information content (AvgIpc) is 3.11. The minimum Gasteiger partial charge on any atom is -0.467 e. The van der Waals surface area contributed by atoms with Crippen molar-refractivity contribution in [3.8, 4) is 0 Å². The molecule has 0 aromatic carbocycles. The summed E-state index contributed by atoms with van der Waals surface area (Å²) in [6, 6.07) is 0.323. The quantitative estimate of drug-likeness (QED) is 0.298. The molecule has 2 fully saturated rings. The second-order valence-electron chi connectivity index (χ2n) is 4.26. The number of hydrogen-bond donors (Lipinski definition) is 0. The summed E-state index contributed by atoms with van der Waals surface area (Å²) in [6.07, 6.45) is -1.32. The molecule has 2 saturated heterocycles. The van der Waals surface area contributed by atoms with Crippen LogP contribution < -0.4 is 0 Å². The number of carbonyl (C=O) groups excluding carboxylic acids is 2. The molecular weight excluding hydrogens is 339 g/mol. The van der Waals surface area contributed by atoms with Gasteiger partial charge in [-0.3, -0.25) is 4.79 Å². The number of methoxy groups -OCH3 is 1.